The van der Waals surface area contributed by atoms with E-state index < -0.39 is 6.03 Å². The summed E-state index contributed by atoms with van der Waals surface area (Å²) in [5, 5.41) is 17.6. The highest BCUT2D eigenvalue weighted by atomic mass is 32.1. The third-order valence-electron chi connectivity index (χ3n) is 3.14. The third kappa shape index (κ3) is 5.97. The number of rotatable bonds is 6. The van der Waals surface area contributed by atoms with Gasteiger partial charge in [0.15, 0.2) is 0 Å². The molecule has 0 saturated heterocycles. The van der Waals surface area contributed by atoms with Crippen LogP contribution in [0.3, 0.4) is 0 Å². The summed E-state index contributed by atoms with van der Waals surface area (Å²) < 4.78 is 0. The van der Waals surface area contributed by atoms with E-state index in [1.54, 1.807) is 36.7 Å². The monoisotopic (exact) mass is 381 g/mol. The first-order valence-electron chi connectivity index (χ1n) is 7.86. The molecular formula is C17H15N7O2S. The summed E-state index contributed by atoms with van der Waals surface area (Å²) in [5.41, 5.74) is 3.89. The lowest BCUT2D eigenvalue weighted by Gasteiger charge is -2.03. The lowest BCUT2D eigenvalue weighted by molar-refractivity contribution is -0.120. The van der Waals surface area contributed by atoms with Gasteiger partial charge in [-0.15, -0.1) is 10.2 Å². The average Bonchev–Trinajstić information content (AvgIpc) is 3.10. The molecule has 0 bridgehead atoms. The Morgan fingerprint density at radius 3 is 2.59 bits per heavy atom. The molecule has 0 atom stereocenters. The van der Waals surface area contributed by atoms with Crippen molar-refractivity contribution in [3.05, 3.63) is 65.4 Å². The molecule has 3 rings (SSSR count). The van der Waals surface area contributed by atoms with Crippen LogP contribution < -0.4 is 16.1 Å². The molecule has 3 N–H and O–H groups in total. The fourth-order valence-electron chi connectivity index (χ4n) is 1.96. The molecule has 0 aliphatic rings. The zero-order valence-electron chi connectivity index (χ0n) is 14.0. The Hall–Kier alpha value is -3.66. The molecular weight excluding hydrogens is 366 g/mol. The molecule has 2 aromatic heterocycles. The second kappa shape index (κ2) is 9.15. The Balaban J connectivity index is 1.46. The van der Waals surface area contributed by atoms with Crippen LogP contribution in [-0.2, 0) is 11.2 Å². The van der Waals surface area contributed by atoms with E-state index in [1.165, 1.54) is 6.21 Å². The van der Waals surface area contributed by atoms with Gasteiger partial charge in [0, 0.05) is 18.1 Å². The van der Waals surface area contributed by atoms with Gasteiger partial charge in [-0.2, -0.15) is 5.10 Å². The summed E-state index contributed by atoms with van der Waals surface area (Å²) >= 11 is 1.11. The molecule has 1 aromatic carbocycles. The molecule has 0 fully saturated rings. The number of hydrazone groups is 1. The number of aromatic nitrogens is 3. The summed E-state index contributed by atoms with van der Waals surface area (Å²) in [4.78, 5) is 27.7. The number of carbonyl (C=O) groups is 2. The first-order valence-corrected chi connectivity index (χ1v) is 8.68. The van der Waals surface area contributed by atoms with Gasteiger partial charge in [-0.25, -0.2) is 10.2 Å². The maximum Gasteiger partial charge on any atom is 0.325 e. The topological polar surface area (TPSA) is 121 Å². The molecule has 136 valence electrons. The number of carbonyl (C=O) groups excluding carboxylic acids is 2. The summed E-state index contributed by atoms with van der Waals surface area (Å²) in [6.45, 7) is 0. The van der Waals surface area contributed by atoms with Crippen molar-refractivity contribution in [1.82, 2.24) is 20.6 Å². The molecule has 0 saturated carbocycles. The molecule has 3 aromatic rings. The molecule has 0 spiro atoms. The largest absolute Gasteiger partial charge is 0.325 e. The van der Waals surface area contributed by atoms with E-state index in [0.29, 0.717) is 15.8 Å². The Kier molecular flexibility index (Phi) is 6.15. The molecule has 2 heterocycles. The van der Waals surface area contributed by atoms with Gasteiger partial charge in [-0.1, -0.05) is 29.5 Å². The summed E-state index contributed by atoms with van der Waals surface area (Å²) in [7, 11) is 0. The number of pyridine rings is 1. The smallest absolute Gasteiger partial charge is 0.308 e. The SMILES string of the molecule is O=C(Cc1nnc(NC(=O)Nc2ccccc2)s1)NN=Cc1ccncc1. The van der Waals surface area contributed by atoms with Crippen LogP contribution in [0.4, 0.5) is 15.6 Å². The maximum atomic E-state index is 11.9. The number of hydrogen-bond donors (Lipinski definition) is 3. The van der Waals surface area contributed by atoms with Crippen LogP contribution in [-0.4, -0.2) is 33.3 Å². The van der Waals surface area contributed by atoms with Crippen molar-refractivity contribution in [3.63, 3.8) is 0 Å². The molecule has 0 aliphatic heterocycles. The van der Waals surface area contributed by atoms with E-state index in [4.69, 9.17) is 0 Å². The number of nitrogens with one attached hydrogen (secondary N) is 3. The maximum absolute atomic E-state index is 11.9. The van der Waals surface area contributed by atoms with Crippen molar-refractivity contribution in [2.75, 3.05) is 10.6 Å². The standard InChI is InChI=1S/C17H15N7O2S/c25-14(22-19-11-12-6-8-18-9-7-12)10-15-23-24-17(27-15)21-16(26)20-13-4-2-1-3-5-13/h1-9,11H,10H2,(H,22,25)(H2,20,21,24,26). The normalized spacial score (nSPS) is 10.5. The first kappa shape index (κ1) is 18.1. The Morgan fingerprint density at radius 2 is 1.81 bits per heavy atom. The first-order chi connectivity index (χ1) is 13.2. The zero-order valence-corrected chi connectivity index (χ0v) is 14.8. The van der Waals surface area contributed by atoms with Crippen LogP contribution >= 0.6 is 11.3 Å². The van der Waals surface area contributed by atoms with Crippen LogP contribution in [0.5, 0.6) is 0 Å². The van der Waals surface area contributed by atoms with Crippen molar-refractivity contribution in [3.8, 4) is 0 Å². The minimum absolute atomic E-state index is 0.00728. The van der Waals surface area contributed by atoms with Crippen LogP contribution in [0.1, 0.15) is 10.6 Å². The lowest BCUT2D eigenvalue weighted by Crippen LogP contribution is -2.19. The van der Waals surface area contributed by atoms with E-state index in [0.717, 1.165) is 16.9 Å². The number of benzene rings is 1. The van der Waals surface area contributed by atoms with Crippen LogP contribution in [0, 0.1) is 0 Å². The van der Waals surface area contributed by atoms with Gasteiger partial charge in [-0.05, 0) is 29.8 Å². The fraction of sp³-hybridized carbons (Fsp3) is 0.0588. The molecule has 27 heavy (non-hydrogen) atoms. The predicted octanol–water partition coefficient (Wildman–Crippen LogP) is 2.27. The van der Waals surface area contributed by atoms with Crippen LogP contribution in [0.15, 0.2) is 60.0 Å². The van der Waals surface area contributed by atoms with E-state index in [-0.39, 0.29) is 12.3 Å². The van der Waals surface area contributed by atoms with Crippen molar-refractivity contribution >= 4 is 40.3 Å². The summed E-state index contributed by atoms with van der Waals surface area (Å²) in [5.74, 6) is -0.336. The Bertz CT molecular complexity index is 929. The van der Waals surface area contributed by atoms with Gasteiger partial charge in [0.05, 0.1) is 12.6 Å². The predicted molar refractivity (Wildman–Crippen MR) is 103 cm³/mol. The number of hydrogen-bond acceptors (Lipinski definition) is 7. The molecule has 10 heteroatoms. The van der Waals surface area contributed by atoms with Crippen LogP contribution in [0.2, 0.25) is 0 Å². The number of para-hydroxylation sites is 1. The summed E-state index contributed by atoms with van der Waals surface area (Å²) in [6.07, 6.45) is 4.79. The van der Waals surface area contributed by atoms with Gasteiger partial charge in [0.1, 0.15) is 5.01 Å². The minimum Gasteiger partial charge on any atom is -0.308 e. The van der Waals surface area contributed by atoms with Gasteiger partial charge in [-0.3, -0.25) is 15.1 Å². The van der Waals surface area contributed by atoms with Gasteiger partial charge < -0.3 is 5.32 Å². The third-order valence-corrected chi connectivity index (χ3v) is 3.98. The van der Waals surface area contributed by atoms with Gasteiger partial charge in [0.2, 0.25) is 11.0 Å². The zero-order chi connectivity index (χ0) is 18.9. The molecule has 9 nitrogen and oxygen atoms in total. The molecule has 0 radical (unpaired) electrons. The lowest BCUT2D eigenvalue weighted by atomic mass is 10.3. The molecule has 0 unspecified atom stereocenters. The second-order valence-electron chi connectivity index (χ2n) is 5.20. The second-order valence-corrected chi connectivity index (χ2v) is 6.26. The van der Waals surface area contributed by atoms with Crippen molar-refractivity contribution in [1.29, 1.82) is 0 Å². The number of nitrogens with zero attached hydrogens (tertiary/aromatic N) is 4. The van der Waals surface area contributed by atoms with E-state index in [1.807, 2.05) is 18.2 Å². The van der Waals surface area contributed by atoms with Crippen molar-refractivity contribution in [2.45, 2.75) is 6.42 Å². The van der Waals surface area contributed by atoms with E-state index in [2.05, 4.69) is 36.3 Å². The van der Waals surface area contributed by atoms with Crippen LogP contribution in [0.25, 0.3) is 0 Å². The fourth-order valence-corrected chi connectivity index (χ4v) is 2.70. The number of anilines is 2. The summed E-state index contributed by atoms with van der Waals surface area (Å²) in [6, 6.07) is 12.1. The highest BCUT2D eigenvalue weighted by Crippen LogP contribution is 2.16. The molecule has 0 aliphatic carbocycles. The Labute approximate surface area is 158 Å². The van der Waals surface area contributed by atoms with Gasteiger partial charge in [0.25, 0.3) is 0 Å². The van der Waals surface area contributed by atoms with E-state index >= 15 is 0 Å². The number of amides is 3. The highest BCUT2D eigenvalue weighted by Gasteiger charge is 2.11. The Morgan fingerprint density at radius 1 is 1.04 bits per heavy atom. The van der Waals surface area contributed by atoms with Crippen molar-refractivity contribution in [2.24, 2.45) is 5.10 Å². The quantitative estimate of drug-likeness (QED) is 0.447. The number of urea groups is 1. The molecule has 3 amide bonds. The average molecular weight is 381 g/mol. The highest BCUT2D eigenvalue weighted by molar-refractivity contribution is 7.15. The van der Waals surface area contributed by atoms with E-state index in [9.17, 15) is 9.59 Å². The van der Waals surface area contributed by atoms with Gasteiger partial charge >= 0.3 is 6.03 Å². The van der Waals surface area contributed by atoms with Crippen molar-refractivity contribution < 1.29 is 9.59 Å². The minimum atomic E-state index is -0.435.